The highest BCUT2D eigenvalue weighted by atomic mass is 16.5. The number of rotatable bonds is 7. The summed E-state index contributed by atoms with van der Waals surface area (Å²) in [6, 6.07) is 16.3. The Labute approximate surface area is 205 Å². The minimum atomic E-state index is -0.792. The average Bonchev–Trinajstić information content (AvgIpc) is 3.16. The van der Waals surface area contributed by atoms with Crippen LogP contribution in [0.15, 0.2) is 48.5 Å². The van der Waals surface area contributed by atoms with E-state index in [4.69, 9.17) is 4.74 Å². The van der Waals surface area contributed by atoms with Gasteiger partial charge in [-0.05, 0) is 54.4 Å². The largest absolute Gasteiger partial charge is 0.481 e. The fourth-order valence-corrected chi connectivity index (χ4v) is 5.86. The minimum absolute atomic E-state index is 0.0115. The first-order chi connectivity index (χ1) is 17.0. The van der Waals surface area contributed by atoms with E-state index >= 15 is 0 Å². The van der Waals surface area contributed by atoms with Crippen molar-refractivity contribution >= 4 is 18.0 Å². The Morgan fingerprint density at radius 1 is 0.943 bits per heavy atom. The van der Waals surface area contributed by atoms with E-state index in [2.05, 4.69) is 34.9 Å². The Morgan fingerprint density at radius 3 is 2.20 bits per heavy atom. The second kappa shape index (κ2) is 9.72. The number of ether oxygens (including phenoxy) is 1. The first-order valence-electron chi connectivity index (χ1n) is 12.6. The van der Waals surface area contributed by atoms with Gasteiger partial charge in [0.1, 0.15) is 6.61 Å². The summed E-state index contributed by atoms with van der Waals surface area (Å²) in [5.41, 5.74) is 4.03. The SMILES string of the molecule is O=C(NCC1(C(=O)NC2CCCC(C(=O)O)C2)CCC1)OCC1c2ccccc2-c2ccccc21. The number of hydrogen-bond acceptors (Lipinski definition) is 4. The molecule has 2 aromatic carbocycles. The Balaban J connectivity index is 1.16. The number of amides is 2. The van der Waals surface area contributed by atoms with Crippen molar-refractivity contribution in [2.45, 2.75) is 56.9 Å². The fourth-order valence-electron chi connectivity index (χ4n) is 5.86. The van der Waals surface area contributed by atoms with E-state index in [9.17, 15) is 19.5 Å². The molecule has 7 nitrogen and oxygen atoms in total. The van der Waals surface area contributed by atoms with Gasteiger partial charge in [-0.3, -0.25) is 9.59 Å². The molecule has 2 saturated carbocycles. The van der Waals surface area contributed by atoms with Crippen molar-refractivity contribution in [1.82, 2.24) is 10.6 Å². The molecule has 3 N–H and O–H groups in total. The Hall–Kier alpha value is -3.35. The molecule has 3 aliphatic rings. The van der Waals surface area contributed by atoms with Gasteiger partial charge in [0.15, 0.2) is 0 Å². The highest BCUT2D eigenvalue weighted by molar-refractivity contribution is 5.85. The van der Waals surface area contributed by atoms with E-state index in [0.717, 1.165) is 30.4 Å². The third-order valence-electron chi connectivity index (χ3n) is 8.07. The van der Waals surface area contributed by atoms with Crippen molar-refractivity contribution < 1.29 is 24.2 Å². The van der Waals surface area contributed by atoms with Crippen molar-refractivity contribution in [1.29, 1.82) is 0 Å². The van der Waals surface area contributed by atoms with Gasteiger partial charge >= 0.3 is 12.1 Å². The number of benzene rings is 2. The third kappa shape index (κ3) is 4.64. The van der Waals surface area contributed by atoms with Crippen molar-refractivity contribution in [3.63, 3.8) is 0 Å². The number of hydrogen-bond donors (Lipinski definition) is 3. The molecule has 35 heavy (non-hydrogen) atoms. The molecule has 0 heterocycles. The molecule has 0 saturated heterocycles. The number of carboxylic acids is 1. The summed E-state index contributed by atoms with van der Waals surface area (Å²) in [5, 5.41) is 15.2. The summed E-state index contributed by atoms with van der Waals surface area (Å²) < 4.78 is 5.63. The molecule has 7 heteroatoms. The predicted octanol–water partition coefficient (Wildman–Crippen LogP) is 4.46. The zero-order valence-electron chi connectivity index (χ0n) is 19.8. The van der Waals surface area contributed by atoms with Crippen molar-refractivity contribution in [2.24, 2.45) is 11.3 Å². The van der Waals surface area contributed by atoms with E-state index in [1.807, 2.05) is 24.3 Å². The fraction of sp³-hybridized carbons (Fsp3) is 0.464. The zero-order valence-corrected chi connectivity index (χ0v) is 19.8. The maximum atomic E-state index is 13.1. The summed E-state index contributed by atoms with van der Waals surface area (Å²) in [6.07, 6.45) is 4.55. The van der Waals surface area contributed by atoms with Crippen LogP contribution in [0.2, 0.25) is 0 Å². The maximum Gasteiger partial charge on any atom is 0.407 e. The quantitative estimate of drug-likeness (QED) is 0.547. The highest BCUT2D eigenvalue weighted by Crippen LogP contribution is 2.44. The number of fused-ring (bicyclic) bond motifs is 3. The van der Waals surface area contributed by atoms with Gasteiger partial charge in [0, 0.05) is 18.5 Å². The van der Waals surface area contributed by atoms with Crippen molar-refractivity contribution in [3.05, 3.63) is 59.7 Å². The lowest BCUT2D eigenvalue weighted by Crippen LogP contribution is -2.55. The van der Waals surface area contributed by atoms with Crippen LogP contribution in [0.25, 0.3) is 11.1 Å². The number of alkyl carbamates (subject to hydrolysis) is 1. The van der Waals surface area contributed by atoms with Gasteiger partial charge in [0.2, 0.25) is 5.91 Å². The first-order valence-corrected chi connectivity index (χ1v) is 12.6. The van der Waals surface area contributed by atoms with Gasteiger partial charge in [-0.1, -0.05) is 61.4 Å². The molecule has 0 aromatic heterocycles. The lowest BCUT2D eigenvalue weighted by atomic mass is 9.67. The maximum absolute atomic E-state index is 13.1. The third-order valence-corrected chi connectivity index (χ3v) is 8.07. The number of nitrogens with one attached hydrogen (secondary N) is 2. The van der Waals surface area contributed by atoms with Crippen LogP contribution in [0.3, 0.4) is 0 Å². The molecule has 0 bridgehead atoms. The number of aliphatic carboxylic acids is 1. The lowest BCUT2D eigenvalue weighted by molar-refractivity contribution is -0.144. The average molecular weight is 477 g/mol. The molecule has 0 aliphatic heterocycles. The van der Waals surface area contributed by atoms with Gasteiger partial charge in [0.05, 0.1) is 11.3 Å². The van der Waals surface area contributed by atoms with Crippen LogP contribution in [0, 0.1) is 11.3 Å². The van der Waals surface area contributed by atoms with Gasteiger partial charge < -0.3 is 20.5 Å². The van der Waals surface area contributed by atoms with E-state index in [0.29, 0.717) is 25.7 Å². The van der Waals surface area contributed by atoms with Crippen LogP contribution in [0.5, 0.6) is 0 Å². The molecule has 3 aliphatic carbocycles. The minimum Gasteiger partial charge on any atom is -0.481 e. The van der Waals surface area contributed by atoms with Gasteiger partial charge in [-0.15, -0.1) is 0 Å². The molecule has 5 rings (SSSR count). The summed E-state index contributed by atoms with van der Waals surface area (Å²) in [6.45, 7) is 0.461. The molecule has 184 valence electrons. The Bertz CT molecular complexity index is 1080. The van der Waals surface area contributed by atoms with Gasteiger partial charge in [-0.2, -0.15) is 0 Å². The molecule has 2 fully saturated rings. The molecule has 2 aromatic rings. The second-order valence-corrected chi connectivity index (χ2v) is 10.2. The van der Waals surface area contributed by atoms with Crippen molar-refractivity contribution in [3.8, 4) is 11.1 Å². The molecule has 0 spiro atoms. The van der Waals surface area contributed by atoms with Crippen LogP contribution in [0.4, 0.5) is 4.79 Å². The summed E-state index contributed by atoms with van der Waals surface area (Å²) in [4.78, 5) is 37.1. The van der Waals surface area contributed by atoms with E-state index < -0.39 is 23.4 Å². The number of carboxylic acid groups (broad SMARTS) is 1. The summed E-state index contributed by atoms with van der Waals surface area (Å²) in [5.74, 6) is -1.29. The van der Waals surface area contributed by atoms with E-state index in [1.165, 1.54) is 11.1 Å². The molecule has 2 amide bonds. The Kier molecular flexibility index (Phi) is 6.50. The standard InChI is InChI=1S/C28H32N2O5/c31-25(32)18-7-5-8-19(15-18)30-26(33)28(13-6-14-28)17-29-27(34)35-16-24-22-11-3-1-9-20(22)21-10-2-4-12-23(21)24/h1-4,9-12,18-19,24H,5-8,13-17H2,(H,29,34)(H,30,33)(H,31,32). The first kappa shape index (κ1) is 23.4. The Morgan fingerprint density at radius 2 is 1.60 bits per heavy atom. The smallest absolute Gasteiger partial charge is 0.407 e. The molecular formula is C28H32N2O5. The van der Waals surface area contributed by atoms with Gasteiger partial charge in [-0.25, -0.2) is 4.79 Å². The molecule has 2 unspecified atom stereocenters. The predicted molar refractivity (Wildman–Crippen MR) is 131 cm³/mol. The second-order valence-electron chi connectivity index (χ2n) is 10.2. The molecule has 2 atom stereocenters. The van der Waals surface area contributed by atoms with Crippen LogP contribution in [0.1, 0.15) is 62.0 Å². The number of carbonyl (C=O) groups is 3. The van der Waals surface area contributed by atoms with Gasteiger partial charge in [0.25, 0.3) is 0 Å². The molecule has 0 radical (unpaired) electrons. The van der Waals surface area contributed by atoms with Crippen LogP contribution >= 0.6 is 0 Å². The van der Waals surface area contributed by atoms with Crippen LogP contribution in [-0.2, 0) is 14.3 Å². The molecular weight excluding hydrogens is 444 g/mol. The normalized spacial score (nSPS) is 22.3. The van der Waals surface area contributed by atoms with E-state index in [1.54, 1.807) is 0 Å². The topological polar surface area (TPSA) is 105 Å². The number of carbonyl (C=O) groups excluding carboxylic acids is 2. The van der Waals surface area contributed by atoms with E-state index in [-0.39, 0.29) is 31.0 Å². The van der Waals surface area contributed by atoms with Crippen LogP contribution in [-0.4, -0.2) is 42.3 Å². The summed E-state index contributed by atoms with van der Waals surface area (Å²) in [7, 11) is 0. The van der Waals surface area contributed by atoms with Crippen molar-refractivity contribution in [2.75, 3.05) is 13.2 Å². The highest BCUT2D eigenvalue weighted by Gasteiger charge is 2.45. The zero-order chi connectivity index (χ0) is 24.4. The lowest BCUT2D eigenvalue weighted by Gasteiger charge is -2.41. The van der Waals surface area contributed by atoms with Crippen LogP contribution < -0.4 is 10.6 Å². The summed E-state index contributed by atoms with van der Waals surface area (Å²) >= 11 is 0. The monoisotopic (exact) mass is 476 g/mol.